The van der Waals surface area contributed by atoms with Gasteiger partial charge in [-0.25, -0.2) is 4.99 Å². The van der Waals surface area contributed by atoms with E-state index in [9.17, 15) is 14.8 Å². The highest BCUT2D eigenvalue weighted by atomic mass is 16.5. The fourth-order valence-corrected chi connectivity index (χ4v) is 4.16. The lowest BCUT2D eigenvalue weighted by Gasteiger charge is -2.27. The molecule has 0 aliphatic carbocycles. The quantitative estimate of drug-likeness (QED) is 0.208. The van der Waals surface area contributed by atoms with E-state index in [2.05, 4.69) is 37.8 Å². The van der Waals surface area contributed by atoms with Crippen LogP contribution in [0.1, 0.15) is 17.0 Å². The summed E-state index contributed by atoms with van der Waals surface area (Å²) < 4.78 is 1.52. The second-order valence-corrected chi connectivity index (χ2v) is 8.59. The normalized spacial score (nSPS) is 15.2. The summed E-state index contributed by atoms with van der Waals surface area (Å²) in [5.74, 6) is -0.465. The first-order valence-corrected chi connectivity index (χ1v) is 11.9. The van der Waals surface area contributed by atoms with Crippen molar-refractivity contribution in [3.8, 4) is 0 Å². The topological polar surface area (TPSA) is 162 Å². The molecule has 1 aromatic carbocycles. The smallest absolute Gasteiger partial charge is 0.275 e. The van der Waals surface area contributed by atoms with Gasteiger partial charge in [-0.1, -0.05) is 36.9 Å². The first kappa shape index (κ1) is 26.8. The van der Waals surface area contributed by atoms with Gasteiger partial charge in [-0.2, -0.15) is 5.10 Å². The summed E-state index contributed by atoms with van der Waals surface area (Å²) in [5.41, 5.74) is 11.7. The second kappa shape index (κ2) is 11.4. The van der Waals surface area contributed by atoms with Crippen LogP contribution < -0.4 is 21.8 Å². The standard InChI is InChI=1S/C27H29N9O3/c1-16-12-23-31-22(10-11-36(23)15-20(16)18-8-6-5-7-9-18)32-27(38)25(29-3)19(13-28)26(37)30-14-21-24(34-39)17(2)33-35(21)4/h5-13,15,34,39H,1,14,28H2,2-4H3,(H,30,37)(H,31,32,38). The Bertz CT molecular complexity index is 1510. The predicted octanol–water partition coefficient (Wildman–Crippen LogP) is 1.86. The van der Waals surface area contributed by atoms with Gasteiger partial charge in [0.25, 0.3) is 11.8 Å². The van der Waals surface area contributed by atoms with Crippen LogP contribution in [0, 0.1) is 6.92 Å². The maximum absolute atomic E-state index is 13.1. The lowest BCUT2D eigenvalue weighted by molar-refractivity contribution is -0.118. The zero-order valence-electron chi connectivity index (χ0n) is 21.8. The third kappa shape index (κ3) is 5.55. The number of aliphatic imine (C=N–C) groups is 2. The number of allylic oxidation sites excluding steroid dienone is 3. The molecule has 0 saturated heterocycles. The number of amidine groups is 1. The van der Waals surface area contributed by atoms with Crippen LogP contribution in [0.2, 0.25) is 0 Å². The van der Waals surface area contributed by atoms with Gasteiger partial charge in [-0.15, -0.1) is 0 Å². The molecule has 2 aliphatic rings. The Morgan fingerprint density at radius 3 is 2.64 bits per heavy atom. The van der Waals surface area contributed by atoms with Gasteiger partial charge in [0, 0.05) is 38.3 Å². The highest BCUT2D eigenvalue weighted by Crippen LogP contribution is 2.31. The number of aryl methyl sites for hydroxylation is 2. The monoisotopic (exact) mass is 527 g/mol. The summed E-state index contributed by atoms with van der Waals surface area (Å²) in [7, 11) is 3.06. The Morgan fingerprint density at radius 2 is 1.97 bits per heavy atom. The molecule has 4 rings (SSSR count). The SMILES string of the molecule is C=C1C=C2N=C(NC(=O)C(=NC)C(=CN)C(=O)NCc3c(NO)c(C)nn3C)C=CN2C=C1c1ccccc1. The van der Waals surface area contributed by atoms with Crippen LogP contribution in [-0.2, 0) is 23.2 Å². The fourth-order valence-electron chi connectivity index (χ4n) is 4.16. The van der Waals surface area contributed by atoms with Crippen molar-refractivity contribution in [3.63, 3.8) is 0 Å². The molecule has 3 heterocycles. The minimum absolute atomic E-state index is 0.0107. The maximum atomic E-state index is 13.1. The summed E-state index contributed by atoms with van der Waals surface area (Å²) in [4.78, 5) is 36.3. The summed E-state index contributed by atoms with van der Waals surface area (Å²) in [6, 6.07) is 9.87. The summed E-state index contributed by atoms with van der Waals surface area (Å²) in [6.45, 7) is 5.86. The van der Waals surface area contributed by atoms with Gasteiger partial charge in [0.2, 0.25) is 0 Å². The molecule has 0 saturated carbocycles. The number of amides is 2. The molecule has 0 unspecified atom stereocenters. The zero-order valence-corrected chi connectivity index (χ0v) is 21.8. The van der Waals surface area contributed by atoms with E-state index in [0.29, 0.717) is 22.9 Å². The van der Waals surface area contributed by atoms with E-state index in [1.807, 2.05) is 47.5 Å². The molecule has 0 atom stereocenters. The van der Waals surface area contributed by atoms with Crippen LogP contribution in [0.3, 0.4) is 0 Å². The molecule has 12 heteroatoms. The van der Waals surface area contributed by atoms with Crippen molar-refractivity contribution in [2.24, 2.45) is 22.8 Å². The molecular weight excluding hydrogens is 498 g/mol. The van der Waals surface area contributed by atoms with Crippen LogP contribution in [0.5, 0.6) is 0 Å². The molecule has 0 radical (unpaired) electrons. The van der Waals surface area contributed by atoms with Crippen molar-refractivity contribution >= 4 is 34.6 Å². The van der Waals surface area contributed by atoms with Crippen molar-refractivity contribution in [2.75, 3.05) is 12.5 Å². The van der Waals surface area contributed by atoms with E-state index >= 15 is 0 Å². The lowest BCUT2D eigenvalue weighted by Crippen LogP contribution is -2.41. The zero-order chi connectivity index (χ0) is 28.1. The van der Waals surface area contributed by atoms with E-state index in [4.69, 9.17) is 5.73 Å². The van der Waals surface area contributed by atoms with Crippen LogP contribution in [0.25, 0.3) is 5.57 Å². The van der Waals surface area contributed by atoms with Crippen molar-refractivity contribution < 1.29 is 14.8 Å². The van der Waals surface area contributed by atoms with Gasteiger partial charge >= 0.3 is 0 Å². The molecule has 0 bridgehead atoms. The Hall–Kier alpha value is -5.23. The molecule has 200 valence electrons. The first-order valence-electron chi connectivity index (χ1n) is 11.9. The highest BCUT2D eigenvalue weighted by Gasteiger charge is 2.25. The van der Waals surface area contributed by atoms with Gasteiger partial charge in [-0.3, -0.25) is 30.0 Å². The molecule has 1 aromatic heterocycles. The number of benzene rings is 1. The van der Waals surface area contributed by atoms with E-state index in [0.717, 1.165) is 22.9 Å². The van der Waals surface area contributed by atoms with Crippen molar-refractivity contribution in [2.45, 2.75) is 13.5 Å². The van der Waals surface area contributed by atoms with Crippen molar-refractivity contribution in [1.82, 2.24) is 25.3 Å². The van der Waals surface area contributed by atoms with Crippen molar-refractivity contribution in [1.29, 1.82) is 0 Å². The minimum Gasteiger partial charge on any atom is -0.404 e. The van der Waals surface area contributed by atoms with E-state index in [1.165, 1.54) is 11.7 Å². The molecule has 12 nitrogen and oxygen atoms in total. The number of anilines is 1. The van der Waals surface area contributed by atoms with Crippen molar-refractivity contribution in [3.05, 3.63) is 102 Å². The molecular formula is C27H29N9O3. The Balaban J connectivity index is 1.44. The number of hydrogen-bond donors (Lipinski definition) is 5. The Labute approximate surface area is 225 Å². The third-order valence-electron chi connectivity index (χ3n) is 6.11. The average molecular weight is 528 g/mol. The van der Waals surface area contributed by atoms with Gasteiger partial charge < -0.3 is 21.3 Å². The number of nitrogens with one attached hydrogen (secondary N) is 3. The van der Waals surface area contributed by atoms with E-state index in [-0.39, 0.29) is 23.7 Å². The van der Waals surface area contributed by atoms with Crippen LogP contribution >= 0.6 is 0 Å². The second-order valence-electron chi connectivity index (χ2n) is 8.59. The number of aromatic nitrogens is 2. The molecule has 6 N–H and O–H groups in total. The van der Waals surface area contributed by atoms with Crippen LogP contribution in [0.15, 0.2) is 94.6 Å². The molecule has 0 spiro atoms. The van der Waals surface area contributed by atoms with Gasteiger partial charge in [0.15, 0.2) is 0 Å². The number of carbonyl (C=O) groups is 2. The maximum Gasteiger partial charge on any atom is 0.275 e. The Kier molecular flexibility index (Phi) is 7.87. The highest BCUT2D eigenvalue weighted by molar-refractivity contribution is 6.52. The van der Waals surface area contributed by atoms with Gasteiger partial charge in [0.05, 0.1) is 23.5 Å². The molecule has 2 amide bonds. The summed E-state index contributed by atoms with van der Waals surface area (Å²) in [6.07, 6.45) is 8.16. The molecule has 0 fully saturated rings. The third-order valence-corrected chi connectivity index (χ3v) is 6.11. The fraction of sp³-hybridized carbons (Fsp3) is 0.148. The van der Waals surface area contributed by atoms with E-state index in [1.54, 1.807) is 26.2 Å². The number of rotatable bonds is 7. The number of carbonyl (C=O) groups excluding carboxylic acids is 2. The lowest BCUT2D eigenvalue weighted by atomic mass is 9.97. The van der Waals surface area contributed by atoms with Crippen LogP contribution in [-0.4, -0.2) is 50.3 Å². The molecule has 2 aromatic rings. The number of hydrogen-bond acceptors (Lipinski definition) is 9. The predicted molar refractivity (Wildman–Crippen MR) is 149 cm³/mol. The summed E-state index contributed by atoms with van der Waals surface area (Å²) >= 11 is 0. The number of nitrogens with zero attached hydrogens (tertiary/aromatic N) is 5. The minimum atomic E-state index is -0.661. The van der Waals surface area contributed by atoms with Crippen LogP contribution in [0.4, 0.5) is 5.69 Å². The first-order chi connectivity index (χ1) is 18.8. The molecule has 39 heavy (non-hydrogen) atoms. The summed E-state index contributed by atoms with van der Waals surface area (Å²) in [5, 5.41) is 18.9. The Morgan fingerprint density at radius 1 is 1.23 bits per heavy atom. The largest absolute Gasteiger partial charge is 0.404 e. The van der Waals surface area contributed by atoms with Gasteiger partial charge in [-0.05, 0) is 30.2 Å². The average Bonchev–Trinajstić information content (AvgIpc) is 3.21. The number of fused-ring (bicyclic) bond motifs is 1. The number of nitrogens with two attached hydrogens (primary N) is 1. The molecule has 2 aliphatic heterocycles. The van der Waals surface area contributed by atoms with E-state index < -0.39 is 11.8 Å². The van der Waals surface area contributed by atoms with Gasteiger partial charge in [0.1, 0.15) is 23.1 Å².